The number of carbonyl (C=O) groups excluding carboxylic acids is 1. The Morgan fingerprint density at radius 2 is 2.78 bits per heavy atom. The molecular weight excluding hydrogens is 122 g/mol. The Bertz CT molecular complexity index is 143. The van der Waals surface area contributed by atoms with Gasteiger partial charge in [0.25, 0.3) is 5.90 Å². The summed E-state index contributed by atoms with van der Waals surface area (Å²) in [4.78, 5) is 13.6. The molecule has 1 aliphatic heterocycles. The summed E-state index contributed by atoms with van der Waals surface area (Å²) in [5.41, 5.74) is 0. The molecule has 0 saturated heterocycles. The number of hydrogen-bond donors (Lipinski definition) is 1. The molecule has 0 aromatic carbocycles. The van der Waals surface area contributed by atoms with Crippen LogP contribution in [0.2, 0.25) is 0 Å². The fourth-order valence-corrected chi connectivity index (χ4v) is 0.597. The van der Waals surface area contributed by atoms with Gasteiger partial charge in [-0.3, -0.25) is 4.79 Å². The molecule has 0 saturated carbocycles. The van der Waals surface area contributed by atoms with E-state index in [1.165, 1.54) is 0 Å². The molecule has 1 rings (SSSR count). The van der Waals surface area contributed by atoms with Crippen LogP contribution < -0.4 is 0 Å². The largest absolute Gasteiger partial charge is 0.468 e. The molecule has 0 fully saturated rings. The summed E-state index contributed by atoms with van der Waals surface area (Å²) in [5, 5.41) is 8.47. The summed E-state index contributed by atoms with van der Waals surface area (Å²) in [5.74, 6) is 0.0917. The molecule has 1 N–H and O–H groups in total. The summed E-state index contributed by atoms with van der Waals surface area (Å²) in [6, 6.07) is 0. The summed E-state index contributed by atoms with van der Waals surface area (Å²) >= 11 is 0. The van der Waals surface area contributed by atoms with Gasteiger partial charge in [0.2, 0.25) is 6.29 Å². The third kappa shape index (κ3) is 1.26. The molecule has 1 heterocycles. The second kappa shape index (κ2) is 2.59. The van der Waals surface area contributed by atoms with Crippen LogP contribution in [0, 0.1) is 0 Å². The Morgan fingerprint density at radius 3 is 3.11 bits per heavy atom. The SMILES string of the molecule is O=CC1=NC[C@@H](CO)O1. The molecule has 1 atom stereocenters. The summed E-state index contributed by atoms with van der Waals surface area (Å²) < 4.78 is 4.79. The van der Waals surface area contributed by atoms with Crippen molar-refractivity contribution in [2.75, 3.05) is 13.2 Å². The molecule has 0 spiro atoms. The lowest BCUT2D eigenvalue weighted by molar-refractivity contribution is -0.104. The van der Waals surface area contributed by atoms with Crippen molar-refractivity contribution < 1.29 is 14.6 Å². The lowest BCUT2D eigenvalue weighted by atomic mass is 10.4. The molecule has 9 heavy (non-hydrogen) atoms. The fourth-order valence-electron chi connectivity index (χ4n) is 0.597. The van der Waals surface area contributed by atoms with Crippen LogP contribution in [0.15, 0.2) is 4.99 Å². The van der Waals surface area contributed by atoms with E-state index in [9.17, 15) is 4.79 Å². The topological polar surface area (TPSA) is 58.9 Å². The molecule has 0 radical (unpaired) electrons. The zero-order valence-corrected chi connectivity index (χ0v) is 4.78. The van der Waals surface area contributed by atoms with E-state index < -0.39 is 0 Å². The molecule has 0 aromatic heterocycles. The van der Waals surface area contributed by atoms with Crippen LogP contribution in [-0.4, -0.2) is 36.5 Å². The Labute approximate surface area is 52.2 Å². The Balaban J connectivity index is 2.39. The van der Waals surface area contributed by atoms with E-state index in [4.69, 9.17) is 9.84 Å². The first kappa shape index (κ1) is 6.22. The minimum absolute atomic E-state index is 0.0825. The van der Waals surface area contributed by atoms with Crippen molar-refractivity contribution in [1.29, 1.82) is 0 Å². The standard InChI is InChI=1S/C5H7NO3/c7-2-4-1-6-5(3-8)9-4/h3-4,7H,1-2H2/t4-/m0/s1. The zero-order chi connectivity index (χ0) is 6.69. The van der Waals surface area contributed by atoms with Gasteiger partial charge in [-0.2, -0.15) is 0 Å². The number of ether oxygens (including phenoxy) is 1. The van der Waals surface area contributed by atoms with E-state index in [2.05, 4.69) is 4.99 Å². The first-order valence-electron chi connectivity index (χ1n) is 2.64. The van der Waals surface area contributed by atoms with Gasteiger partial charge in [0.05, 0.1) is 13.2 Å². The molecule has 0 unspecified atom stereocenters. The molecule has 4 heteroatoms. The van der Waals surface area contributed by atoms with Gasteiger partial charge in [-0.15, -0.1) is 0 Å². The lowest BCUT2D eigenvalue weighted by Gasteiger charge is -2.02. The molecule has 0 aromatic rings. The number of aliphatic hydroxyl groups is 1. The second-order valence-electron chi connectivity index (χ2n) is 1.72. The van der Waals surface area contributed by atoms with Crippen LogP contribution in [0.3, 0.4) is 0 Å². The number of nitrogens with zero attached hydrogens (tertiary/aromatic N) is 1. The summed E-state index contributed by atoms with van der Waals surface area (Å²) in [6.07, 6.45) is 0.237. The fraction of sp³-hybridized carbons (Fsp3) is 0.600. The van der Waals surface area contributed by atoms with Gasteiger partial charge in [0, 0.05) is 0 Å². The number of hydrogen-bond acceptors (Lipinski definition) is 4. The van der Waals surface area contributed by atoms with Crippen molar-refractivity contribution in [3.63, 3.8) is 0 Å². The number of aldehydes is 1. The maximum atomic E-state index is 9.93. The highest BCUT2D eigenvalue weighted by molar-refractivity contribution is 6.24. The predicted molar refractivity (Wildman–Crippen MR) is 30.3 cm³/mol. The van der Waals surface area contributed by atoms with Crippen LogP contribution in [-0.2, 0) is 9.53 Å². The zero-order valence-electron chi connectivity index (χ0n) is 4.78. The van der Waals surface area contributed by atoms with Crippen LogP contribution >= 0.6 is 0 Å². The third-order valence-electron chi connectivity index (χ3n) is 1.04. The highest BCUT2D eigenvalue weighted by Crippen LogP contribution is 2.00. The van der Waals surface area contributed by atoms with Crippen molar-refractivity contribution in [3.05, 3.63) is 0 Å². The average Bonchev–Trinajstić information content (AvgIpc) is 2.34. The van der Waals surface area contributed by atoms with E-state index in [-0.39, 0.29) is 18.6 Å². The number of rotatable bonds is 2. The van der Waals surface area contributed by atoms with Crippen molar-refractivity contribution in [2.24, 2.45) is 4.99 Å². The molecule has 0 bridgehead atoms. The molecule has 0 aliphatic carbocycles. The highest BCUT2D eigenvalue weighted by Gasteiger charge is 2.17. The maximum absolute atomic E-state index is 9.93. The maximum Gasteiger partial charge on any atom is 0.250 e. The molecule has 50 valence electrons. The number of aliphatic imine (C=N–C) groups is 1. The first-order chi connectivity index (χ1) is 4.36. The van der Waals surface area contributed by atoms with Crippen LogP contribution in [0.4, 0.5) is 0 Å². The summed E-state index contributed by atoms with van der Waals surface area (Å²) in [7, 11) is 0. The van der Waals surface area contributed by atoms with Gasteiger partial charge in [0.15, 0.2) is 0 Å². The Hall–Kier alpha value is -0.900. The monoisotopic (exact) mass is 129 g/mol. The van der Waals surface area contributed by atoms with E-state index in [1.54, 1.807) is 0 Å². The lowest BCUT2D eigenvalue weighted by Crippen LogP contribution is -2.17. The smallest absolute Gasteiger partial charge is 0.250 e. The minimum Gasteiger partial charge on any atom is -0.468 e. The normalized spacial score (nSPS) is 25.0. The summed E-state index contributed by atoms with van der Waals surface area (Å²) in [6.45, 7) is 0.311. The number of carbonyl (C=O) groups is 1. The van der Waals surface area contributed by atoms with Gasteiger partial charge >= 0.3 is 0 Å². The Kier molecular flexibility index (Phi) is 1.79. The predicted octanol–water partition coefficient (Wildman–Crippen LogP) is -1.03. The van der Waals surface area contributed by atoms with Gasteiger partial charge in [-0.1, -0.05) is 0 Å². The van der Waals surface area contributed by atoms with E-state index in [0.717, 1.165) is 0 Å². The quantitative estimate of drug-likeness (QED) is 0.485. The van der Waals surface area contributed by atoms with Crippen molar-refractivity contribution >= 4 is 12.2 Å². The first-order valence-corrected chi connectivity index (χ1v) is 2.64. The van der Waals surface area contributed by atoms with Crippen molar-refractivity contribution in [1.82, 2.24) is 0 Å². The van der Waals surface area contributed by atoms with Crippen LogP contribution in [0.25, 0.3) is 0 Å². The van der Waals surface area contributed by atoms with E-state index in [1.807, 2.05) is 0 Å². The van der Waals surface area contributed by atoms with Gasteiger partial charge in [0.1, 0.15) is 6.10 Å². The average molecular weight is 129 g/mol. The second-order valence-corrected chi connectivity index (χ2v) is 1.72. The van der Waals surface area contributed by atoms with Crippen molar-refractivity contribution in [2.45, 2.75) is 6.10 Å². The molecule has 4 nitrogen and oxygen atoms in total. The highest BCUT2D eigenvalue weighted by atomic mass is 16.5. The van der Waals surface area contributed by atoms with Gasteiger partial charge in [-0.25, -0.2) is 4.99 Å². The minimum atomic E-state index is -0.301. The molecule has 0 amide bonds. The molecule has 1 aliphatic rings. The third-order valence-corrected chi connectivity index (χ3v) is 1.04. The van der Waals surface area contributed by atoms with Gasteiger partial charge in [-0.05, 0) is 0 Å². The van der Waals surface area contributed by atoms with Crippen LogP contribution in [0.5, 0.6) is 0 Å². The molecular formula is C5H7NO3. The van der Waals surface area contributed by atoms with Crippen molar-refractivity contribution in [3.8, 4) is 0 Å². The van der Waals surface area contributed by atoms with Gasteiger partial charge < -0.3 is 9.84 Å². The Morgan fingerprint density at radius 1 is 2.00 bits per heavy atom. The number of aliphatic hydroxyl groups excluding tert-OH is 1. The van der Waals surface area contributed by atoms with Crippen LogP contribution in [0.1, 0.15) is 0 Å². The van der Waals surface area contributed by atoms with E-state index >= 15 is 0 Å². The van der Waals surface area contributed by atoms with E-state index in [0.29, 0.717) is 12.8 Å².